The molecule has 2 aromatic rings. The quantitative estimate of drug-likeness (QED) is 0.273. The zero-order chi connectivity index (χ0) is 25.4. The third kappa shape index (κ3) is 5.37. The molecule has 15 heteroatoms. The number of rotatable bonds is 9. The van der Waals surface area contributed by atoms with E-state index >= 15 is 4.39 Å². The second kappa shape index (κ2) is 9.80. The summed E-state index contributed by atoms with van der Waals surface area (Å²) in [5.41, 5.74) is 3.85. The van der Waals surface area contributed by atoms with E-state index in [4.69, 9.17) is 24.5 Å². The molecule has 1 saturated heterocycles. The van der Waals surface area contributed by atoms with Gasteiger partial charge in [-0.25, -0.2) is 0 Å². The van der Waals surface area contributed by atoms with Crippen molar-refractivity contribution in [3.63, 3.8) is 0 Å². The molecule has 0 spiro atoms. The van der Waals surface area contributed by atoms with Crippen molar-refractivity contribution in [1.82, 2.24) is 24.6 Å². The Bertz CT molecular complexity index is 1040. The van der Waals surface area contributed by atoms with Crippen LogP contribution in [0, 0.1) is 0 Å². The minimum absolute atomic E-state index is 0.108. The molecule has 5 N–H and O–H groups in total. The molecule has 0 amide bonds. The molecule has 1 fully saturated rings. The molecule has 192 valence electrons. The number of esters is 1. The van der Waals surface area contributed by atoms with Gasteiger partial charge in [0.1, 0.15) is 0 Å². The minimum atomic E-state index is -3.61. The molecule has 0 aliphatic carbocycles. The summed E-state index contributed by atoms with van der Waals surface area (Å²) >= 11 is 0. The van der Waals surface area contributed by atoms with Gasteiger partial charge in [0.05, 0.1) is 0 Å². The summed E-state index contributed by atoms with van der Waals surface area (Å²) in [5.74, 6) is -0.551. The summed E-state index contributed by atoms with van der Waals surface area (Å²) in [4.78, 5) is 34.8. The fourth-order valence-electron chi connectivity index (χ4n) is 3.65. The number of nitrogens with one attached hydrogen (secondary N) is 1. The van der Waals surface area contributed by atoms with Crippen molar-refractivity contribution in [2.24, 2.45) is 0 Å². The molecule has 3 rings (SSSR count). The van der Waals surface area contributed by atoms with E-state index in [2.05, 4.69) is 20.0 Å². The molecule has 1 aliphatic heterocycles. The van der Waals surface area contributed by atoms with Crippen molar-refractivity contribution in [2.75, 3.05) is 26.1 Å². The Balaban J connectivity index is 1.74. The van der Waals surface area contributed by atoms with Crippen LogP contribution in [-0.4, -0.2) is 85.9 Å². The number of carbonyl (C=O) groups is 1. The number of aliphatic hydroxyl groups is 1. The zero-order valence-electron chi connectivity index (χ0n) is 19.9. The molecule has 0 bridgehead atoms. The number of anilines is 1. The van der Waals surface area contributed by atoms with Gasteiger partial charge in [-0.15, -0.1) is 0 Å². The summed E-state index contributed by atoms with van der Waals surface area (Å²) in [6, 6.07) is -0.838. The van der Waals surface area contributed by atoms with Crippen LogP contribution < -0.4 is 15.6 Å². The number of hydrogen-bond donors (Lipinski definition) is 4. The van der Waals surface area contributed by atoms with Crippen LogP contribution in [0.5, 0.6) is 5.88 Å². The van der Waals surface area contributed by atoms with Crippen molar-refractivity contribution in [3.05, 3.63) is 6.33 Å². The first-order chi connectivity index (χ1) is 15.8. The van der Waals surface area contributed by atoms with Gasteiger partial charge < -0.3 is 0 Å². The monoisotopic (exact) mass is 506 g/mol. The van der Waals surface area contributed by atoms with Gasteiger partial charge in [0, 0.05) is 0 Å². The number of hydrogen-bond acceptors (Lipinski definition) is 12. The first-order valence-corrected chi connectivity index (χ1v) is 13.0. The van der Waals surface area contributed by atoms with Crippen LogP contribution >= 0.6 is 7.87 Å². The van der Waals surface area contributed by atoms with E-state index < -0.39 is 44.0 Å². The van der Waals surface area contributed by atoms with Crippen LogP contribution in [0.4, 0.5) is 10.3 Å². The summed E-state index contributed by atoms with van der Waals surface area (Å²) in [6.07, 6.45) is -3.11. The third-order valence-electron chi connectivity index (χ3n) is 5.29. The summed E-state index contributed by atoms with van der Waals surface area (Å²) in [6.45, 7) is 7.17. The van der Waals surface area contributed by atoms with E-state index in [1.165, 1.54) is 38.5 Å². The van der Waals surface area contributed by atoms with E-state index in [1.807, 2.05) is 0 Å². The van der Waals surface area contributed by atoms with E-state index in [9.17, 15) is 14.8 Å². The Morgan fingerprint density at radius 3 is 2.74 bits per heavy atom. The van der Waals surface area contributed by atoms with Crippen LogP contribution in [0.25, 0.3) is 11.2 Å². The fraction of sp³-hybridized carbons (Fsp3) is 0.684. The number of nitrogen functional groups attached to an aromatic ring is 1. The van der Waals surface area contributed by atoms with Gasteiger partial charge in [0.2, 0.25) is 0 Å². The van der Waals surface area contributed by atoms with Crippen molar-refractivity contribution in [1.29, 1.82) is 0 Å². The van der Waals surface area contributed by atoms with Crippen molar-refractivity contribution in [3.8, 4) is 5.88 Å². The number of aliphatic hydroxyl groups excluding tert-OH is 1. The summed E-state index contributed by atoms with van der Waals surface area (Å²) in [5, 5.41) is 13.3. The van der Waals surface area contributed by atoms with Crippen LogP contribution in [0.3, 0.4) is 0 Å². The summed E-state index contributed by atoms with van der Waals surface area (Å²) in [7, 11) is -2.23. The van der Waals surface area contributed by atoms with Gasteiger partial charge in [0.15, 0.2) is 0 Å². The second-order valence-corrected chi connectivity index (χ2v) is 11.2. The van der Waals surface area contributed by atoms with Gasteiger partial charge in [0.25, 0.3) is 0 Å². The first-order valence-electron chi connectivity index (χ1n) is 10.7. The molecule has 3 heterocycles. The number of ether oxygens (including phenoxy) is 3. The predicted molar refractivity (Wildman–Crippen MR) is 122 cm³/mol. The molecular formula is C19H32FN6O7P. The third-order valence-corrected chi connectivity index (χ3v) is 6.99. The van der Waals surface area contributed by atoms with Gasteiger partial charge in [-0.1, -0.05) is 0 Å². The van der Waals surface area contributed by atoms with Crippen molar-refractivity contribution < 1.29 is 37.9 Å². The molecule has 1 aliphatic rings. The molecule has 0 unspecified atom stereocenters. The molecule has 5 atom stereocenters. The van der Waals surface area contributed by atoms with Gasteiger partial charge in [-0.3, -0.25) is 0 Å². The maximum absolute atomic E-state index is 15.6. The number of nitrogens with zero attached hydrogens (tertiary/aromatic N) is 4. The Hall–Kier alpha value is -2.22. The molecule has 0 aromatic carbocycles. The predicted octanol–water partition coefficient (Wildman–Crippen LogP) is 0.467. The number of halogens is 1. The molecule has 13 nitrogen and oxygen atoms in total. The summed E-state index contributed by atoms with van der Waals surface area (Å²) < 4.78 is 38.5. The molecular weight excluding hydrogens is 474 g/mol. The van der Waals surface area contributed by atoms with Gasteiger partial charge in [-0.05, 0) is 0 Å². The number of alkyl halides is 1. The molecule has 34 heavy (non-hydrogen) atoms. The Kier molecular flexibility index (Phi) is 7.60. The van der Waals surface area contributed by atoms with Crippen LogP contribution in [0.1, 0.15) is 33.9 Å². The Morgan fingerprint density at radius 1 is 1.44 bits per heavy atom. The SMILES string of the molecule is COc1nc(N)nc2c1ncn2[C@@H]1O[C@H](CO[PH](C)(O)N[C@@H](C)C(=O)OC(C)C)[C@@H](O)[C@@]1(C)F. The van der Waals surface area contributed by atoms with Crippen LogP contribution in [0.15, 0.2) is 6.33 Å². The molecule has 0 saturated carbocycles. The van der Waals surface area contributed by atoms with Crippen molar-refractivity contribution in [2.45, 2.75) is 63.9 Å². The Morgan fingerprint density at radius 2 is 2.12 bits per heavy atom. The topological polar surface area (TPSA) is 176 Å². The average Bonchev–Trinajstić information content (AvgIpc) is 3.23. The normalized spacial score (nSPS) is 26.7. The number of fused-ring (bicyclic) bond motifs is 1. The number of nitrogens with two attached hydrogens (primary N) is 1. The van der Waals surface area contributed by atoms with Crippen LogP contribution in [-0.2, 0) is 18.8 Å². The van der Waals surface area contributed by atoms with Crippen LogP contribution in [0.2, 0.25) is 0 Å². The van der Waals surface area contributed by atoms with Crippen molar-refractivity contribution >= 4 is 30.9 Å². The van der Waals surface area contributed by atoms with E-state index in [1.54, 1.807) is 13.8 Å². The maximum atomic E-state index is 15.6. The average molecular weight is 506 g/mol. The van der Waals surface area contributed by atoms with Gasteiger partial charge in [-0.2, -0.15) is 0 Å². The number of imidazole rings is 1. The second-order valence-electron chi connectivity index (χ2n) is 8.68. The first kappa shape index (κ1) is 26.4. The number of carbonyl (C=O) groups excluding carboxylic acids is 1. The molecule has 2 aromatic heterocycles. The number of methoxy groups -OCH3 is 1. The fourth-order valence-corrected chi connectivity index (χ4v) is 5.15. The standard InChI is InChI=1S/C19H32FN6O7P/c1-9(2)32-16(28)10(3)25-34(6,29)31-7-11-13(27)19(4,20)17(33-11)26-8-22-12-14(26)23-18(21)24-15(12)30-5/h8-11,13,17,25,27,29,34H,7H2,1-6H3,(H2,21,23,24)/t10-,11+,13+,17+,19+/m0/s1. The Labute approximate surface area is 196 Å². The van der Waals surface area contributed by atoms with E-state index in [0.717, 1.165) is 0 Å². The van der Waals surface area contributed by atoms with E-state index in [0.29, 0.717) is 0 Å². The van der Waals surface area contributed by atoms with E-state index in [-0.39, 0.29) is 35.7 Å². The van der Waals surface area contributed by atoms with Gasteiger partial charge >= 0.3 is 196 Å². The molecule has 0 radical (unpaired) electrons. The number of aromatic nitrogens is 4. The zero-order valence-corrected chi connectivity index (χ0v) is 20.9.